The fourth-order valence-corrected chi connectivity index (χ4v) is 3.58. The van der Waals surface area contributed by atoms with Gasteiger partial charge in [0.15, 0.2) is 6.61 Å². The average Bonchev–Trinajstić information content (AvgIpc) is 2.74. The van der Waals surface area contributed by atoms with Crippen molar-refractivity contribution in [3.63, 3.8) is 0 Å². The van der Waals surface area contributed by atoms with Crippen molar-refractivity contribution in [2.45, 2.75) is 66.0 Å². The topological polar surface area (TPSA) is 58.6 Å². The molecular formula is C26H36N2O3. The summed E-state index contributed by atoms with van der Waals surface area (Å²) in [6.45, 7) is 10.3. The molecule has 2 amide bonds. The van der Waals surface area contributed by atoms with Gasteiger partial charge in [0, 0.05) is 12.6 Å². The zero-order chi connectivity index (χ0) is 22.8. The van der Waals surface area contributed by atoms with Crippen LogP contribution in [-0.2, 0) is 16.0 Å². The van der Waals surface area contributed by atoms with Crippen molar-refractivity contribution < 1.29 is 14.3 Å². The van der Waals surface area contributed by atoms with E-state index in [4.69, 9.17) is 4.74 Å². The van der Waals surface area contributed by atoms with Crippen molar-refractivity contribution in [3.05, 3.63) is 65.2 Å². The normalized spacial score (nSPS) is 12.7. The number of carbonyl (C=O) groups is 2. The Bertz CT molecular complexity index is 831. The monoisotopic (exact) mass is 424 g/mol. The number of aryl methyl sites for hydroxylation is 2. The molecule has 0 unspecified atom stereocenters. The summed E-state index contributed by atoms with van der Waals surface area (Å²) in [5, 5.41) is 3.03. The van der Waals surface area contributed by atoms with Crippen LogP contribution in [-0.4, -0.2) is 41.9 Å². The number of nitrogens with one attached hydrogen (secondary N) is 1. The molecule has 0 fully saturated rings. The average molecular weight is 425 g/mol. The van der Waals surface area contributed by atoms with Gasteiger partial charge in [0.2, 0.25) is 5.91 Å². The van der Waals surface area contributed by atoms with Crippen molar-refractivity contribution >= 4 is 11.8 Å². The zero-order valence-corrected chi connectivity index (χ0v) is 19.5. The van der Waals surface area contributed by atoms with Crippen LogP contribution < -0.4 is 10.1 Å². The maximum absolute atomic E-state index is 13.2. The quantitative estimate of drug-likeness (QED) is 0.580. The molecule has 2 aromatic rings. The number of amides is 2. The van der Waals surface area contributed by atoms with Gasteiger partial charge in [-0.25, -0.2) is 0 Å². The third-order valence-electron chi connectivity index (χ3n) is 5.43. The van der Waals surface area contributed by atoms with E-state index in [1.54, 1.807) is 4.90 Å². The smallest absolute Gasteiger partial charge is 0.261 e. The van der Waals surface area contributed by atoms with Crippen molar-refractivity contribution in [2.75, 3.05) is 13.2 Å². The predicted molar refractivity (Wildman–Crippen MR) is 125 cm³/mol. The molecule has 0 saturated carbocycles. The van der Waals surface area contributed by atoms with Crippen LogP contribution in [0, 0.1) is 13.8 Å². The Morgan fingerprint density at radius 3 is 2.23 bits per heavy atom. The van der Waals surface area contributed by atoms with Gasteiger partial charge in [-0.3, -0.25) is 9.59 Å². The van der Waals surface area contributed by atoms with Crippen LogP contribution in [0.15, 0.2) is 48.5 Å². The number of rotatable bonds is 11. The minimum atomic E-state index is -0.520. The van der Waals surface area contributed by atoms with Crippen LogP contribution in [0.2, 0.25) is 0 Å². The molecule has 5 heteroatoms. The van der Waals surface area contributed by atoms with Gasteiger partial charge in [0.05, 0.1) is 0 Å². The SMILES string of the molecule is CC[C@@H](C)NC(=O)[C@H](CC)N(CCc1ccccc1)C(=O)COc1cc(C)cc(C)c1. The van der Waals surface area contributed by atoms with Gasteiger partial charge in [0.1, 0.15) is 11.8 Å². The molecule has 2 rings (SSSR count). The molecule has 2 atom stereocenters. The molecule has 1 N–H and O–H groups in total. The van der Waals surface area contributed by atoms with Gasteiger partial charge < -0.3 is 15.0 Å². The third-order valence-corrected chi connectivity index (χ3v) is 5.43. The van der Waals surface area contributed by atoms with Crippen LogP contribution >= 0.6 is 0 Å². The zero-order valence-electron chi connectivity index (χ0n) is 19.5. The van der Waals surface area contributed by atoms with E-state index in [1.807, 2.05) is 77.1 Å². The highest BCUT2D eigenvalue weighted by Crippen LogP contribution is 2.17. The fourth-order valence-electron chi connectivity index (χ4n) is 3.58. The van der Waals surface area contributed by atoms with E-state index in [1.165, 1.54) is 0 Å². The first-order valence-electron chi connectivity index (χ1n) is 11.2. The van der Waals surface area contributed by atoms with Crippen molar-refractivity contribution in [1.82, 2.24) is 10.2 Å². The second-order valence-corrected chi connectivity index (χ2v) is 8.18. The predicted octanol–water partition coefficient (Wildman–Crippen LogP) is 4.45. The van der Waals surface area contributed by atoms with Crippen molar-refractivity contribution in [1.29, 1.82) is 0 Å². The second kappa shape index (κ2) is 12.1. The third kappa shape index (κ3) is 7.74. The molecule has 0 saturated heterocycles. The Balaban J connectivity index is 2.15. The lowest BCUT2D eigenvalue weighted by Crippen LogP contribution is -2.52. The lowest BCUT2D eigenvalue weighted by molar-refractivity contribution is -0.142. The summed E-state index contributed by atoms with van der Waals surface area (Å²) in [6.07, 6.45) is 2.07. The Morgan fingerprint density at radius 1 is 1.00 bits per heavy atom. The van der Waals surface area contributed by atoms with E-state index in [9.17, 15) is 9.59 Å². The molecule has 2 aromatic carbocycles. The molecule has 0 aliphatic rings. The summed E-state index contributed by atoms with van der Waals surface area (Å²) < 4.78 is 5.82. The molecule has 0 aromatic heterocycles. The minimum absolute atomic E-state index is 0.0687. The molecule has 168 valence electrons. The number of hydrogen-bond donors (Lipinski definition) is 1. The van der Waals surface area contributed by atoms with Gasteiger partial charge in [-0.1, -0.05) is 50.2 Å². The Hall–Kier alpha value is -2.82. The first-order chi connectivity index (χ1) is 14.8. The summed E-state index contributed by atoms with van der Waals surface area (Å²) >= 11 is 0. The Kier molecular flexibility index (Phi) is 9.57. The van der Waals surface area contributed by atoms with Crippen LogP contribution in [0.4, 0.5) is 0 Å². The van der Waals surface area contributed by atoms with Crippen molar-refractivity contribution in [3.8, 4) is 5.75 Å². The fraction of sp³-hybridized carbons (Fsp3) is 0.462. The second-order valence-electron chi connectivity index (χ2n) is 8.18. The molecule has 31 heavy (non-hydrogen) atoms. The lowest BCUT2D eigenvalue weighted by Gasteiger charge is -2.31. The van der Waals surface area contributed by atoms with Crippen LogP contribution in [0.3, 0.4) is 0 Å². The highest BCUT2D eigenvalue weighted by Gasteiger charge is 2.29. The van der Waals surface area contributed by atoms with E-state index in [-0.39, 0.29) is 24.5 Å². The first-order valence-corrected chi connectivity index (χ1v) is 11.2. The largest absolute Gasteiger partial charge is 0.484 e. The van der Waals surface area contributed by atoms with Gasteiger partial charge in [-0.15, -0.1) is 0 Å². The maximum Gasteiger partial charge on any atom is 0.261 e. The van der Waals surface area contributed by atoms with Crippen LogP contribution in [0.1, 0.15) is 50.3 Å². The maximum atomic E-state index is 13.2. The molecule has 0 radical (unpaired) electrons. The molecule has 0 aliphatic heterocycles. The highest BCUT2D eigenvalue weighted by molar-refractivity contribution is 5.88. The summed E-state index contributed by atoms with van der Waals surface area (Å²) in [5.74, 6) is 0.386. The summed E-state index contributed by atoms with van der Waals surface area (Å²) in [5.41, 5.74) is 3.30. The highest BCUT2D eigenvalue weighted by atomic mass is 16.5. The molecular weight excluding hydrogens is 388 g/mol. The number of benzene rings is 2. The number of hydrogen-bond acceptors (Lipinski definition) is 3. The molecule has 5 nitrogen and oxygen atoms in total. The number of ether oxygens (including phenoxy) is 1. The number of carbonyl (C=O) groups excluding carboxylic acids is 2. The van der Waals surface area contributed by atoms with Crippen LogP contribution in [0.25, 0.3) is 0 Å². The lowest BCUT2D eigenvalue weighted by atomic mass is 10.1. The van der Waals surface area contributed by atoms with Gasteiger partial charge in [-0.2, -0.15) is 0 Å². The van der Waals surface area contributed by atoms with E-state index < -0.39 is 6.04 Å². The molecule has 0 bridgehead atoms. The molecule has 0 heterocycles. The van der Waals surface area contributed by atoms with Crippen LogP contribution in [0.5, 0.6) is 5.75 Å². The van der Waals surface area contributed by atoms with Gasteiger partial charge in [-0.05, 0) is 68.9 Å². The van der Waals surface area contributed by atoms with E-state index in [0.717, 1.165) is 23.1 Å². The van der Waals surface area contributed by atoms with E-state index in [2.05, 4.69) is 11.4 Å². The molecule has 0 aliphatic carbocycles. The van der Waals surface area contributed by atoms with Gasteiger partial charge >= 0.3 is 0 Å². The van der Waals surface area contributed by atoms with Crippen molar-refractivity contribution in [2.24, 2.45) is 0 Å². The van der Waals surface area contributed by atoms with E-state index >= 15 is 0 Å². The van der Waals surface area contributed by atoms with E-state index in [0.29, 0.717) is 25.1 Å². The Labute approximate surface area is 186 Å². The minimum Gasteiger partial charge on any atom is -0.484 e. The standard InChI is InChI=1S/C26H36N2O3/c1-6-21(5)27-26(30)24(7-2)28(14-13-22-11-9-8-10-12-22)25(29)18-31-23-16-19(3)15-20(4)17-23/h8-12,15-17,21,24H,6-7,13-14,18H2,1-5H3,(H,27,30)/t21-,24+/m1/s1. The summed E-state index contributed by atoms with van der Waals surface area (Å²) in [6, 6.07) is 15.5. The van der Waals surface area contributed by atoms with Gasteiger partial charge in [0.25, 0.3) is 5.91 Å². The number of nitrogens with zero attached hydrogens (tertiary/aromatic N) is 1. The summed E-state index contributed by atoms with van der Waals surface area (Å²) in [4.78, 5) is 27.8. The molecule has 0 spiro atoms. The first kappa shape index (κ1) is 24.4. The summed E-state index contributed by atoms with van der Waals surface area (Å²) in [7, 11) is 0. The Morgan fingerprint density at radius 2 is 1.65 bits per heavy atom.